The van der Waals surface area contributed by atoms with Crippen molar-refractivity contribution in [2.45, 2.75) is 13.5 Å². The average molecular weight is 411 g/mol. The summed E-state index contributed by atoms with van der Waals surface area (Å²) >= 11 is 1.04. The summed E-state index contributed by atoms with van der Waals surface area (Å²) in [5, 5.41) is 7.19. The van der Waals surface area contributed by atoms with Gasteiger partial charge in [-0.15, -0.1) is 0 Å². The first kappa shape index (κ1) is 18.8. The van der Waals surface area contributed by atoms with Crippen LogP contribution in [0, 0.1) is 6.92 Å². The average Bonchev–Trinajstić information content (AvgIpc) is 3.29. The highest BCUT2D eigenvalue weighted by atomic mass is 32.1. The molecule has 0 radical (unpaired) electrons. The van der Waals surface area contributed by atoms with Crippen LogP contribution in [0.15, 0.2) is 52.6 Å². The largest absolute Gasteiger partial charge is 0.454 e. The van der Waals surface area contributed by atoms with Crippen molar-refractivity contribution in [2.24, 2.45) is 0 Å². The second-order valence-corrected chi connectivity index (χ2v) is 7.17. The van der Waals surface area contributed by atoms with Crippen molar-refractivity contribution >= 4 is 34.5 Å². The number of thiazole rings is 1. The Hall–Kier alpha value is -3.59. The number of benzene rings is 2. The van der Waals surface area contributed by atoms with E-state index in [0.29, 0.717) is 34.1 Å². The van der Waals surface area contributed by atoms with Gasteiger partial charge in [-0.05, 0) is 31.2 Å². The molecule has 1 aliphatic rings. The number of fused-ring (bicyclic) bond motifs is 1. The summed E-state index contributed by atoms with van der Waals surface area (Å²) in [6, 6.07) is 11.8. The van der Waals surface area contributed by atoms with Gasteiger partial charge in [0.1, 0.15) is 6.54 Å². The third-order valence-corrected chi connectivity index (χ3v) is 5.24. The Kier molecular flexibility index (Phi) is 5.05. The maximum atomic E-state index is 12.8. The molecule has 2 N–H and O–H groups in total. The van der Waals surface area contributed by atoms with E-state index in [-0.39, 0.29) is 24.1 Å². The predicted molar refractivity (Wildman–Crippen MR) is 109 cm³/mol. The van der Waals surface area contributed by atoms with Crippen LogP contribution in [0.1, 0.15) is 16.1 Å². The Bertz CT molecular complexity index is 1150. The highest BCUT2D eigenvalue weighted by molar-refractivity contribution is 7.07. The van der Waals surface area contributed by atoms with Crippen LogP contribution in [0.2, 0.25) is 0 Å². The molecule has 0 bridgehead atoms. The summed E-state index contributed by atoms with van der Waals surface area (Å²) in [7, 11) is 0. The van der Waals surface area contributed by atoms with Gasteiger partial charge in [0.15, 0.2) is 11.5 Å². The smallest absolute Gasteiger partial charge is 0.307 e. The van der Waals surface area contributed by atoms with Crippen LogP contribution >= 0.6 is 11.3 Å². The highest BCUT2D eigenvalue weighted by Crippen LogP contribution is 2.34. The Morgan fingerprint density at radius 2 is 1.90 bits per heavy atom. The molecule has 148 valence electrons. The number of aromatic nitrogens is 1. The van der Waals surface area contributed by atoms with Crippen LogP contribution in [0.5, 0.6) is 11.5 Å². The summed E-state index contributed by atoms with van der Waals surface area (Å²) in [6.07, 6.45) is 0. The van der Waals surface area contributed by atoms with E-state index < -0.39 is 5.91 Å². The first-order valence-corrected chi connectivity index (χ1v) is 9.64. The van der Waals surface area contributed by atoms with Crippen LogP contribution in [0.3, 0.4) is 0 Å². The van der Waals surface area contributed by atoms with Gasteiger partial charge in [-0.3, -0.25) is 19.0 Å². The van der Waals surface area contributed by atoms with Gasteiger partial charge in [0.25, 0.3) is 5.91 Å². The van der Waals surface area contributed by atoms with Gasteiger partial charge < -0.3 is 20.1 Å². The van der Waals surface area contributed by atoms with E-state index in [9.17, 15) is 14.4 Å². The minimum Gasteiger partial charge on any atom is -0.454 e. The minimum atomic E-state index is -0.392. The first-order chi connectivity index (χ1) is 14.0. The molecule has 9 heteroatoms. The number of anilines is 2. The second kappa shape index (κ2) is 7.80. The molecule has 1 aliphatic heterocycles. The number of carbonyl (C=O) groups is 2. The van der Waals surface area contributed by atoms with Crippen molar-refractivity contribution in [1.29, 1.82) is 0 Å². The fraction of sp³-hybridized carbons (Fsp3) is 0.150. The van der Waals surface area contributed by atoms with Crippen molar-refractivity contribution in [3.63, 3.8) is 0 Å². The summed E-state index contributed by atoms with van der Waals surface area (Å²) in [5.74, 6) is 0.399. The third-order valence-electron chi connectivity index (χ3n) is 4.35. The molecule has 1 aromatic heterocycles. The number of nitrogens with one attached hydrogen (secondary N) is 2. The van der Waals surface area contributed by atoms with Crippen LogP contribution < -0.4 is 25.0 Å². The molecule has 8 nitrogen and oxygen atoms in total. The second-order valence-electron chi connectivity index (χ2n) is 6.35. The van der Waals surface area contributed by atoms with Gasteiger partial charge in [0.05, 0.1) is 11.3 Å². The number of ether oxygens (including phenoxy) is 2. The Morgan fingerprint density at radius 3 is 2.69 bits per heavy atom. The number of hydrogen-bond acceptors (Lipinski definition) is 6. The zero-order valence-corrected chi connectivity index (χ0v) is 16.2. The Morgan fingerprint density at radius 1 is 1.10 bits per heavy atom. The van der Waals surface area contributed by atoms with Crippen LogP contribution in [0.4, 0.5) is 11.4 Å². The zero-order valence-electron chi connectivity index (χ0n) is 15.4. The molecule has 0 atom stereocenters. The molecule has 0 unspecified atom stereocenters. The molecule has 0 fully saturated rings. The molecule has 0 aliphatic carbocycles. The fourth-order valence-corrected chi connectivity index (χ4v) is 3.63. The summed E-state index contributed by atoms with van der Waals surface area (Å²) in [4.78, 5) is 36.8. The number of para-hydroxylation sites is 1. The van der Waals surface area contributed by atoms with Gasteiger partial charge in [0, 0.05) is 22.8 Å². The fourth-order valence-electron chi connectivity index (χ4n) is 2.89. The van der Waals surface area contributed by atoms with Gasteiger partial charge in [-0.2, -0.15) is 0 Å². The third kappa shape index (κ3) is 3.99. The Balaban J connectivity index is 1.49. The molecular weight excluding hydrogens is 394 g/mol. The predicted octanol–water partition coefficient (Wildman–Crippen LogP) is 2.84. The van der Waals surface area contributed by atoms with E-state index in [0.717, 1.165) is 11.3 Å². The number of hydrogen-bond donors (Lipinski definition) is 2. The molecule has 4 rings (SSSR count). The topological polar surface area (TPSA) is 98.7 Å². The molecule has 0 saturated heterocycles. The van der Waals surface area contributed by atoms with E-state index >= 15 is 0 Å². The molecule has 2 amide bonds. The molecule has 2 aromatic carbocycles. The number of aryl methyl sites for hydroxylation is 1. The lowest BCUT2D eigenvalue weighted by Gasteiger charge is -2.12. The van der Waals surface area contributed by atoms with E-state index in [1.807, 2.05) is 0 Å². The number of carbonyl (C=O) groups excluding carboxylic acids is 2. The van der Waals surface area contributed by atoms with E-state index in [1.54, 1.807) is 54.8 Å². The van der Waals surface area contributed by atoms with Crippen molar-refractivity contribution < 1.29 is 19.1 Å². The van der Waals surface area contributed by atoms with Crippen LogP contribution in [-0.4, -0.2) is 23.2 Å². The van der Waals surface area contributed by atoms with Crippen molar-refractivity contribution in [2.75, 3.05) is 17.4 Å². The first-order valence-electron chi connectivity index (χ1n) is 8.76. The monoisotopic (exact) mass is 411 g/mol. The van der Waals surface area contributed by atoms with E-state index in [1.165, 1.54) is 4.57 Å². The summed E-state index contributed by atoms with van der Waals surface area (Å²) < 4.78 is 12.0. The highest BCUT2D eigenvalue weighted by Gasteiger charge is 2.17. The summed E-state index contributed by atoms with van der Waals surface area (Å²) in [6.45, 7) is 1.79. The quantitative estimate of drug-likeness (QED) is 0.673. The maximum Gasteiger partial charge on any atom is 0.307 e. The van der Waals surface area contributed by atoms with Gasteiger partial charge in [0.2, 0.25) is 12.7 Å². The van der Waals surface area contributed by atoms with Gasteiger partial charge in [-0.1, -0.05) is 23.5 Å². The van der Waals surface area contributed by atoms with Gasteiger partial charge >= 0.3 is 4.87 Å². The Labute approximate surface area is 169 Å². The van der Waals surface area contributed by atoms with Crippen LogP contribution in [-0.2, 0) is 11.3 Å². The molecule has 0 saturated carbocycles. The lowest BCUT2D eigenvalue weighted by Crippen LogP contribution is -2.26. The lowest BCUT2D eigenvalue weighted by atomic mass is 10.1. The van der Waals surface area contributed by atoms with Crippen molar-refractivity contribution in [1.82, 2.24) is 4.57 Å². The standard InChI is InChI=1S/C20H17N3O5S/c1-12-10-29-20(26)23(12)9-18(24)22-15-5-3-2-4-14(15)19(25)21-13-6-7-16-17(8-13)28-11-27-16/h2-8,10H,9,11H2,1H3,(H,21,25)(H,22,24). The van der Waals surface area contributed by atoms with E-state index in [4.69, 9.17) is 9.47 Å². The van der Waals surface area contributed by atoms with Crippen molar-refractivity contribution in [3.8, 4) is 11.5 Å². The number of nitrogens with zero attached hydrogens (tertiary/aromatic N) is 1. The normalized spacial score (nSPS) is 11.9. The molecule has 0 spiro atoms. The maximum absolute atomic E-state index is 12.8. The molecule has 29 heavy (non-hydrogen) atoms. The molecule has 2 heterocycles. The van der Waals surface area contributed by atoms with Crippen LogP contribution in [0.25, 0.3) is 0 Å². The molecular formula is C20H17N3O5S. The van der Waals surface area contributed by atoms with E-state index in [2.05, 4.69) is 10.6 Å². The van der Waals surface area contributed by atoms with Crippen molar-refractivity contribution in [3.05, 3.63) is 68.8 Å². The SMILES string of the molecule is Cc1csc(=O)n1CC(=O)Nc1ccccc1C(=O)Nc1ccc2c(c1)OCO2. The van der Waals surface area contributed by atoms with Gasteiger partial charge in [-0.25, -0.2) is 0 Å². The number of rotatable bonds is 5. The minimum absolute atomic E-state index is 0.119. The zero-order chi connectivity index (χ0) is 20.4. The number of amides is 2. The molecule has 3 aromatic rings. The summed E-state index contributed by atoms with van der Waals surface area (Å²) in [5.41, 5.74) is 1.91. The lowest BCUT2D eigenvalue weighted by molar-refractivity contribution is -0.116.